The minimum atomic E-state index is 0.199. The summed E-state index contributed by atoms with van der Waals surface area (Å²) in [5, 5.41) is 13.2. The summed E-state index contributed by atoms with van der Waals surface area (Å²) in [6.45, 7) is 0.268. The number of nitrogens with two attached hydrogens (primary N) is 1. The van der Waals surface area contributed by atoms with E-state index in [9.17, 15) is 5.11 Å². The Hall–Kier alpha value is -1.81. The second-order valence-corrected chi connectivity index (χ2v) is 2.88. The maximum atomic E-state index is 9.59. The average Bonchev–Trinajstić information content (AvgIpc) is 2.66. The Morgan fingerprint density at radius 1 is 1.29 bits per heavy atom. The predicted octanol–water partition coefficient (Wildman–Crippen LogP) is 1.51. The van der Waals surface area contributed by atoms with Crippen molar-refractivity contribution >= 4 is 0 Å². The van der Waals surface area contributed by atoms with Crippen LogP contribution in [0.4, 0.5) is 0 Å². The largest absolute Gasteiger partial charge is 0.507 e. The van der Waals surface area contributed by atoms with Crippen LogP contribution in [0.5, 0.6) is 5.75 Å². The highest BCUT2D eigenvalue weighted by Crippen LogP contribution is 2.30. The molecule has 1 aromatic carbocycles. The molecule has 2 rings (SSSR count). The van der Waals surface area contributed by atoms with Crippen molar-refractivity contribution in [2.24, 2.45) is 5.73 Å². The zero-order chi connectivity index (χ0) is 9.97. The standard InChI is InChI=1S/C10H10N2O2/c11-5-10-8(6-12-14-10)7-3-1-2-4-9(7)13/h1-4,6,13H,5,11H2. The first-order valence-corrected chi connectivity index (χ1v) is 4.25. The zero-order valence-electron chi connectivity index (χ0n) is 7.47. The molecule has 0 aliphatic carbocycles. The van der Waals surface area contributed by atoms with Crippen molar-refractivity contribution < 1.29 is 9.63 Å². The third-order valence-electron chi connectivity index (χ3n) is 2.02. The summed E-state index contributed by atoms with van der Waals surface area (Å²) in [6.07, 6.45) is 1.55. The van der Waals surface area contributed by atoms with Gasteiger partial charge in [-0.1, -0.05) is 23.4 Å². The van der Waals surface area contributed by atoms with Crippen LogP contribution < -0.4 is 5.73 Å². The van der Waals surface area contributed by atoms with E-state index in [0.717, 1.165) is 5.56 Å². The maximum Gasteiger partial charge on any atom is 0.158 e. The van der Waals surface area contributed by atoms with Gasteiger partial charge in [-0.3, -0.25) is 0 Å². The third kappa shape index (κ3) is 1.36. The highest BCUT2D eigenvalue weighted by Gasteiger charge is 2.11. The number of aromatic nitrogens is 1. The molecule has 0 aliphatic rings. The summed E-state index contributed by atoms with van der Waals surface area (Å²) in [5.41, 5.74) is 6.90. The smallest absolute Gasteiger partial charge is 0.158 e. The number of benzene rings is 1. The van der Waals surface area contributed by atoms with Crippen LogP contribution in [0.3, 0.4) is 0 Å². The molecule has 0 amide bonds. The number of nitrogens with zero attached hydrogens (tertiary/aromatic N) is 1. The van der Waals surface area contributed by atoms with E-state index in [4.69, 9.17) is 10.3 Å². The first-order valence-electron chi connectivity index (χ1n) is 4.25. The molecule has 0 saturated heterocycles. The highest BCUT2D eigenvalue weighted by molar-refractivity contribution is 5.70. The number of rotatable bonds is 2. The van der Waals surface area contributed by atoms with Gasteiger partial charge in [-0.2, -0.15) is 0 Å². The number of phenolic OH excluding ortho intramolecular Hbond substituents is 1. The van der Waals surface area contributed by atoms with E-state index in [1.165, 1.54) is 0 Å². The molecule has 2 aromatic rings. The van der Waals surface area contributed by atoms with Crippen molar-refractivity contribution in [3.63, 3.8) is 0 Å². The molecule has 1 aromatic heterocycles. The second-order valence-electron chi connectivity index (χ2n) is 2.88. The lowest BCUT2D eigenvalue weighted by Crippen LogP contribution is -1.95. The normalized spacial score (nSPS) is 10.4. The summed E-state index contributed by atoms with van der Waals surface area (Å²) in [5.74, 6) is 0.775. The summed E-state index contributed by atoms with van der Waals surface area (Å²) in [4.78, 5) is 0. The number of aromatic hydroxyl groups is 1. The third-order valence-corrected chi connectivity index (χ3v) is 2.02. The lowest BCUT2D eigenvalue weighted by atomic mass is 10.1. The van der Waals surface area contributed by atoms with Crippen LogP contribution >= 0.6 is 0 Å². The lowest BCUT2D eigenvalue weighted by molar-refractivity contribution is 0.385. The van der Waals surface area contributed by atoms with Crippen LogP contribution in [0.2, 0.25) is 0 Å². The van der Waals surface area contributed by atoms with Crippen LogP contribution in [-0.4, -0.2) is 10.3 Å². The fraction of sp³-hybridized carbons (Fsp3) is 0.100. The van der Waals surface area contributed by atoms with E-state index < -0.39 is 0 Å². The van der Waals surface area contributed by atoms with Gasteiger partial charge >= 0.3 is 0 Å². The van der Waals surface area contributed by atoms with Crippen molar-refractivity contribution in [1.29, 1.82) is 0 Å². The molecule has 0 unspecified atom stereocenters. The Bertz CT molecular complexity index is 437. The second kappa shape index (κ2) is 3.51. The minimum absolute atomic E-state index is 0.199. The molecule has 0 atom stereocenters. The van der Waals surface area contributed by atoms with Crippen molar-refractivity contribution in [2.75, 3.05) is 0 Å². The molecule has 0 fully saturated rings. The van der Waals surface area contributed by atoms with Gasteiger partial charge in [-0.05, 0) is 6.07 Å². The van der Waals surface area contributed by atoms with Crippen LogP contribution in [0, 0.1) is 0 Å². The average molecular weight is 190 g/mol. The van der Waals surface area contributed by atoms with Gasteiger partial charge in [0.15, 0.2) is 5.76 Å². The molecule has 0 bridgehead atoms. The fourth-order valence-corrected chi connectivity index (χ4v) is 1.33. The number of hydrogen-bond acceptors (Lipinski definition) is 4. The topological polar surface area (TPSA) is 72.3 Å². The molecule has 4 heteroatoms. The van der Waals surface area contributed by atoms with Gasteiger partial charge in [0.25, 0.3) is 0 Å². The Morgan fingerprint density at radius 3 is 2.79 bits per heavy atom. The molecule has 72 valence electrons. The molecule has 0 spiro atoms. The van der Waals surface area contributed by atoms with Gasteiger partial charge < -0.3 is 15.4 Å². The molecule has 0 saturated carbocycles. The predicted molar refractivity (Wildman–Crippen MR) is 51.5 cm³/mol. The van der Waals surface area contributed by atoms with Crippen LogP contribution in [0.25, 0.3) is 11.1 Å². The lowest BCUT2D eigenvalue weighted by Gasteiger charge is -2.01. The van der Waals surface area contributed by atoms with Crippen molar-refractivity contribution in [2.45, 2.75) is 6.54 Å². The van der Waals surface area contributed by atoms with Crippen molar-refractivity contribution in [3.8, 4) is 16.9 Å². The van der Waals surface area contributed by atoms with E-state index in [1.54, 1.807) is 24.4 Å². The molecular weight excluding hydrogens is 180 g/mol. The number of phenols is 1. The van der Waals surface area contributed by atoms with Crippen LogP contribution in [-0.2, 0) is 6.54 Å². The molecule has 1 heterocycles. The van der Waals surface area contributed by atoms with Crippen molar-refractivity contribution in [3.05, 3.63) is 36.2 Å². The summed E-state index contributed by atoms with van der Waals surface area (Å²) in [6, 6.07) is 7.00. The first-order chi connectivity index (χ1) is 6.83. The van der Waals surface area contributed by atoms with Gasteiger partial charge in [-0.25, -0.2) is 0 Å². The molecule has 0 radical (unpaired) electrons. The van der Waals surface area contributed by atoms with E-state index in [1.807, 2.05) is 6.07 Å². The number of hydrogen-bond donors (Lipinski definition) is 2. The summed E-state index contributed by atoms with van der Waals surface area (Å²) < 4.78 is 4.94. The highest BCUT2D eigenvalue weighted by atomic mass is 16.5. The van der Waals surface area contributed by atoms with Gasteiger partial charge in [-0.15, -0.1) is 0 Å². The van der Waals surface area contributed by atoms with E-state index in [0.29, 0.717) is 11.3 Å². The quantitative estimate of drug-likeness (QED) is 0.752. The monoisotopic (exact) mass is 190 g/mol. The SMILES string of the molecule is NCc1oncc1-c1ccccc1O. The maximum absolute atomic E-state index is 9.59. The van der Waals surface area contributed by atoms with Crippen LogP contribution in [0.1, 0.15) is 5.76 Å². The minimum Gasteiger partial charge on any atom is -0.507 e. The van der Waals surface area contributed by atoms with E-state index in [-0.39, 0.29) is 12.3 Å². The van der Waals surface area contributed by atoms with Gasteiger partial charge in [0.05, 0.1) is 12.7 Å². The fourth-order valence-electron chi connectivity index (χ4n) is 1.33. The zero-order valence-corrected chi connectivity index (χ0v) is 7.47. The van der Waals surface area contributed by atoms with E-state index in [2.05, 4.69) is 5.16 Å². The Kier molecular flexibility index (Phi) is 2.20. The Balaban J connectivity index is 2.54. The molecule has 3 N–H and O–H groups in total. The van der Waals surface area contributed by atoms with Gasteiger partial charge in [0.1, 0.15) is 5.75 Å². The molecular formula is C10H10N2O2. The first kappa shape index (κ1) is 8.77. The Morgan fingerprint density at radius 2 is 2.07 bits per heavy atom. The van der Waals surface area contributed by atoms with Crippen molar-refractivity contribution in [1.82, 2.24) is 5.16 Å². The van der Waals surface area contributed by atoms with E-state index >= 15 is 0 Å². The van der Waals surface area contributed by atoms with Crippen LogP contribution in [0.15, 0.2) is 35.0 Å². The molecule has 14 heavy (non-hydrogen) atoms. The van der Waals surface area contributed by atoms with Gasteiger partial charge in [0, 0.05) is 11.1 Å². The molecule has 4 nitrogen and oxygen atoms in total. The Labute approximate surface area is 81.0 Å². The number of para-hydroxylation sites is 1. The summed E-state index contributed by atoms with van der Waals surface area (Å²) in [7, 11) is 0. The van der Waals surface area contributed by atoms with Gasteiger partial charge in [0.2, 0.25) is 0 Å². The summed E-state index contributed by atoms with van der Waals surface area (Å²) >= 11 is 0. The molecule has 0 aliphatic heterocycles.